The van der Waals surface area contributed by atoms with Crippen molar-refractivity contribution in [3.05, 3.63) is 24.0 Å². The number of carboxylic acids is 1. The topological polar surface area (TPSA) is 82.5 Å². The van der Waals surface area contributed by atoms with Crippen LogP contribution in [0, 0.1) is 5.92 Å². The molecule has 21 heavy (non-hydrogen) atoms. The Labute approximate surface area is 124 Å². The van der Waals surface area contributed by atoms with Crippen LogP contribution in [0.15, 0.2) is 18.3 Å². The van der Waals surface area contributed by atoms with Crippen LogP contribution in [-0.4, -0.2) is 40.1 Å². The molecule has 6 nitrogen and oxygen atoms in total. The smallest absolute Gasteiger partial charge is 0.321 e. The summed E-state index contributed by atoms with van der Waals surface area (Å²) in [5, 5.41) is 11.5. The molecule has 0 spiro atoms. The number of urea groups is 1. The third kappa shape index (κ3) is 5.06. The monoisotopic (exact) mass is 291 g/mol. The Morgan fingerprint density at radius 3 is 2.71 bits per heavy atom. The Morgan fingerprint density at radius 1 is 1.43 bits per heavy atom. The molecule has 0 bridgehead atoms. The van der Waals surface area contributed by atoms with E-state index >= 15 is 0 Å². The highest BCUT2D eigenvalue weighted by atomic mass is 16.4. The summed E-state index contributed by atoms with van der Waals surface area (Å²) in [4.78, 5) is 28.7. The number of hydrogen-bond acceptors (Lipinski definition) is 3. The lowest BCUT2D eigenvalue weighted by Crippen LogP contribution is -2.37. The predicted molar refractivity (Wildman–Crippen MR) is 79.2 cm³/mol. The zero-order valence-corrected chi connectivity index (χ0v) is 12.2. The second-order valence-corrected chi connectivity index (χ2v) is 5.43. The zero-order valence-electron chi connectivity index (χ0n) is 12.2. The summed E-state index contributed by atoms with van der Waals surface area (Å²) < 4.78 is 0. The quantitative estimate of drug-likeness (QED) is 0.808. The summed E-state index contributed by atoms with van der Waals surface area (Å²) in [7, 11) is 0. The van der Waals surface area contributed by atoms with Crippen LogP contribution in [0.3, 0.4) is 0 Å². The fraction of sp³-hybridized carbons (Fsp3) is 0.533. The molecule has 1 aliphatic rings. The normalized spacial score (nSPS) is 13.8. The van der Waals surface area contributed by atoms with E-state index in [-0.39, 0.29) is 12.5 Å². The van der Waals surface area contributed by atoms with Gasteiger partial charge in [-0.3, -0.25) is 9.78 Å². The second kappa shape index (κ2) is 7.06. The number of hydrogen-bond donors (Lipinski definition) is 2. The van der Waals surface area contributed by atoms with Crippen LogP contribution in [0.4, 0.5) is 10.5 Å². The van der Waals surface area contributed by atoms with Crippen molar-refractivity contribution >= 4 is 17.7 Å². The first-order valence-corrected chi connectivity index (χ1v) is 7.31. The van der Waals surface area contributed by atoms with E-state index in [4.69, 9.17) is 5.11 Å². The van der Waals surface area contributed by atoms with Gasteiger partial charge in [0, 0.05) is 13.1 Å². The van der Waals surface area contributed by atoms with Gasteiger partial charge in [0.1, 0.15) is 0 Å². The molecule has 2 amide bonds. The number of carbonyl (C=O) groups is 2. The number of rotatable bonds is 7. The van der Waals surface area contributed by atoms with Crippen molar-refractivity contribution in [2.24, 2.45) is 5.92 Å². The van der Waals surface area contributed by atoms with Gasteiger partial charge in [-0.1, -0.05) is 6.92 Å². The van der Waals surface area contributed by atoms with Crippen LogP contribution in [0.1, 0.15) is 31.9 Å². The van der Waals surface area contributed by atoms with Crippen LogP contribution < -0.4 is 5.32 Å². The molecule has 2 rings (SSSR count). The lowest BCUT2D eigenvalue weighted by atomic mass is 10.2. The van der Waals surface area contributed by atoms with Crippen molar-refractivity contribution in [2.75, 3.05) is 18.4 Å². The van der Waals surface area contributed by atoms with Gasteiger partial charge < -0.3 is 15.3 Å². The first-order valence-electron chi connectivity index (χ1n) is 7.31. The number of nitrogens with one attached hydrogen (secondary N) is 1. The third-order valence-electron chi connectivity index (χ3n) is 3.36. The SMILES string of the molecule is CCCN(CC1CC1)C(=O)Nc1ccc(CC(=O)O)nc1. The standard InChI is InChI=1S/C15H21N3O3/c1-2-7-18(10-11-3-4-11)15(21)17-13-6-5-12(16-9-13)8-14(19)20/h5-6,9,11H,2-4,7-8,10H2,1H3,(H,17,21)(H,19,20). The van der Waals surface area contributed by atoms with E-state index < -0.39 is 5.97 Å². The van der Waals surface area contributed by atoms with Crippen molar-refractivity contribution in [1.82, 2.24) is 9.88 Å². The first-order chi connectivity index (χ1) is 10.1. The van der Waals surface area contributed by atoms with Crippen molar-refractivity contribution < 1.29 is 14.7 Å². The van der Waals surface area contributed by atoms with E-state index in [0.717, 1.165) is 19.5 Å². The van der Waals surface area contributed by atoms with E-state index in [1.54, 1.807) is 12.1 Å². The summed E-state index contributed by atoms with van der Waals surface area (Å²) in [6, 6.07) is 3.19. The molecular formula is C15H21N3O3. The Balaban J connectivity index is 1.91. The van der Waals surface area contributed by atoms with Crippen LogP contribution in [0.5, 0.6) is 0 Å². The van der Waals surface area contributed by atoms with Crippen LogP contribution in [0.25, 0.3) is 0 Å². The molecule has 1 heterocycles. The molecule has 0 saturated heterocycles. The molecule has 1 aromatic heterocycles. The fourth-order valence-electron chi connectivity index (χ4n) is 2.12. The molecule has 0 aromatic carbocycles. The highest BCUT2D eigenvalue weighted by Crippen LogP contribution is 2.29. The maximum atomic E-state index is 12.2. The van der Waals surface area contributed by atoms with Gasteiger partial charge in [0.15, 0.2) is 0 Å². The van der Waals surface area contributed by atoms with Crippen molar-refractivity contribution in [2.45, 2.75) is 32.6 Å². The predicted octanol–water partition coefficient (Wildman–Crippen LogP) is 2.36. The van der Waals surface area contributed by atoms with Gasteiger partial charge in [-0.15, -0.1) is 0 Å². The summed E-state index contributed by atoms with van der Waals surface area (Å²) in [5.41, 5.74) is 1.06. The molecule has 1 aliphatic carbocycles. The van der Waals surface area contributed by atoms with Gasteiger partial charge in [0.25, 0.3) is 0 Å². The number of nitrogens with zero attached hydrogens (tertiary/aromatic N) is 2. The van der Waals surface area contributed by atoms with E-state index in [0.29, 0.717) is 17.3 Å². The molecule has 0 aliphatic heterocycles. The largest absolute Gasteiger partial charge is 0.481 e. The van der Waals surface area contributed by atoms with Crippen molar-refractivity contribution in [3.8, 4) is 0 Å². The number of aliphatic carboxylic acids is 1. The minimum Gasteiger partial charge on any atom is -0.481 e. The lowest BCUT2D eigenvalue weighted by molar-refractivity contribution is -0.136. The molecule has 1 fully saturated rings. The molecule has 114 valence electrons. The third-order valence-corrected chi connectivity index (χ3v) is 3.36. The number of carbonyl (C=O) groups excluding carboxylic acids is 1. The Bertz CT molecular complexity index is 497. The molecule has 1 aromatic rings. The van der Waals surface area contributed by atoms with Gasteiger partial charge in [0.2, 0.25) is 0 Å². The van der Waals surface area contributed by atoms with E-state index in [2.05, 4.69) is 17.2 Å². The molecule has 0 atom stereocenters. The van der Waals surface area contributed by atoms with Gasteiger partial charge in [-0.2, -0.15) is 0 Å². The number of amides is 2. The summed E-state index contributed by atoms with van der Waals surface area (Å²) in [6.07, 6.45) is 4.73. The van der Waals surface area contributed by atoms with Crippen LogP contribution in [0.2, 0.25) is 0 Å². The number of pyridine rings is 1. The Kier molecular flexibility index (Phi) is 5.14. The van der Waals surface area contributed by atoms with E-state index in [1.165, 1.54) is 19.0 Å². The number of anilines is 1. The number of carboxylic acid groups (broad SMARTS) is 1. The molecule has 2 N–H and O–H groups in total. The Hall–Kier alpha value is -2.11. The maximum absolute atomic E-state index is 12.2. The van der Waals surface area contributed by atoms with Crippen LogP contribution >= 0.6 is 0 Å². The molecule has 0 unspecified atom stereocenters. The highest BCUT2D eigenvalue weighted by molar-refractivity contribution is 5.89. The van der Waals surface area contributed by atoms with Gasteiger partial charge in [-0.05, 0) is 37.3 Å². The Morgan fingerprint density at radius 2 is 2.19 bits per heavy atom. The summed E-state index contributed by atoms with van der Waals surface area (Å²) >= 11 is 0. The van der Waals surface area contributed by atoms with Crippen molar-refractivity contribution in [3.63, 3.8) is 0 Å². The van der Waals surface area contributed by atoms with Gasteiger partial charge in [-0.25, -0.2) is 4.79 Å². The van der Waals surface area contributed by atoms with E-state index in [1.807, 2.05) is 4.90 Å². The molecule has 0 radical (unpaired) electrons. The van der Waals surface area contributed by atoms with E-state index in [9.17, 15) is 9.59 Å². The van der Waals surface area contributed by atoms with Crippen LogP contribution in [-0.2, 0) is 11.2 Å². The zero-order chi connectivity index (χ0) is 15.2. The fourth-order valence-corrected chi connectivity index (χ4v) is 2.12. The minimum atomic E-state index is -0.919. The maximum Gasteiger partial charge on any atom is 0.321 e. The molecular weight excluding hydrogens is 270 g/mol. The molecule has 1 saturated carbocycles. The van der Waals surface area contributed by atoms with Crippen molar-refractivity contribution in [1.29, 1.82) is 0 Å². The average molecular weight is 291 g/mol. The average Bonchev–Trinajstić information content (AvgIpc) is 3.24. The minimum absolute atomic E-state index is 0.113. The lowest BCUT2D eigenvalue weighted by Gasteiger charge is -2.22. The number of aromatic nitrogens is 1. The van der Waals surface area contributed by atoms with Gasteiger partial charge in [0.05, 0.1) is 24.0 Å². The van der Waals surface area contributed by atoms with Gasteiger partial charge >= 0.3 is 12.0 Å². The second-order valence-electron chi connectivity index (χ2n) is 5.43. The molecule has 6 heteroatoms. The highest BCUT2D eigenvalue weighted by Gasteiger charge is 2.26. The first kappa shape index (κ1) is 15.3. The summed E-state index contributed by atoms with van der Waals surface area (Å²) in [5.74, 6) is -0.267. The summed E-state index contributed by atoms with van der Waals surface area (Å²) in [6.45, 7) is 3.60.